The average molecular weight is 459 g/mol. The molecule has 1 heterocycles. The number of amides is 1. The second kappa shape index (κ2) is 8.31. The zero-order chi connectivity index (χ0) is 21.2. The van der Waals surface area contributed by atoms with Gasteiger partial charge in [0, 0.05) is 18.0 Å². The highest BCUT2D eigenvalue weighted by Crippen LogP contribution is 2.32. The van der Waals surface area contributed by atoms with Crippen LogP contribution in [-0.2, 0) is 31.3 Å². The number of carbonyl (C=O) groups is 1. The van der Waals surface area contributed by atoms with E-state index in [2.05, 4.69) is 4.72 Å². The predicted octanol–water partition coefficient (Wildman–Crippen LogP) is 1.94. The van der Waals surface area contributed by atoms with E-state index in [0.29, 0.717) is 15.7 Å². The van der Waals surface area contributed by atoms with Gasteiger partial charge in [-0.2, -0.15) is 0 Å². The van der Waals surface area contributed by atoms with Crippen molar-refractivity contribution in [1.82, 2.24) is 4.72 Å². The SMILES string of the molecule is COc1ccc(N2C(=O)CCS2(=O)=O)cc1S(=O)(=O)NCCc1ccc(Cl)cc1. The highest BCUT2D eigenvalue weighted by Gasteiger charge is 2.37. The summed E-state index contributed by atoms with van der Waals surface area (Å²) in [7, 11) is -6.53. The number of sulfonamides is 2. The molecule has 29 heavy (non-hydrogen) atoms. The molecular formula is C18H19ClN2O6S2. The summed E-state index contributed by atoms with van der Waals surface area (Å²) in [6.07, 6.45) is 0.285. The Morgan fingerprint density at radius 1 is 1.17 bits per heavy atom. The molecular weight excluding hydrogens is 440 g/mol. The smallest absolute Gasteiger partial charge is 0.244 e. The van der Waals surface area contributed by atoms with Crippen LogP contribution in [0.5, 0.6) is 5.75 Å². The van der Waals surface area contributed by atoms with Crippen LogP contribution < -0.4 is 13.8 Å². The van der Waals surface area contributed by atoms with E-state index in [1.807, 2.05) is 0 Å². The molecule has 11 heteroatoms. The number of benzene rings is 2. The summed E-state index contributed by atoms with van der Waals surface area (Å²) >= 11 is 5.83. The van der Waals surface area contributed by atoms with Crippen LogP contribution in [0.15, 0.2) is 47.4 Å². The number of rotatable bonds is 7. The second-order valence-corrected chi connectivity index (χ2v) is 10.4. The Morgan fingerprint density at radius 2 is 1.86 bits per heavy atom. The number of halogens is 1. The molecule has 1 aliphatic rings. The van der Waals surface area contributed by atoms with Gasteiger partial charge in [0.1, 0.15) is 10.6 Å². The van der Waals surface area contributed by atoms with Gasteiger partial charge < -0.3 is 4.74 Å². The van der Waals surface area contributed by atoms with Crippen LogP contribution in [0.25, 0.3) is 0 Å². The third-order valence-electron chi connectivity index (χ3n) is 4.37. The summed E-state index contributed by atoms with van der Waals surface area (Å²) in [6, 6.07) is 10.8. The average Bonchev–Trinajstić information content (AvgIpc) is 2.95. The van der Waals surface area contributed by atoms with Crippen molar-refractivity contribution in [2.24, 2.45) is 0 Å². The number of nitrogens with zero attached hydrogens (tertiary/aromatic N) is 1. The molecule has 2 aromatic rings. The lowest BCUT2D eigenvalue weighted by molar-refractivity contribution is -0.116. The van der Waals surface area contributed by atoms with Gasteiger partial charge in [-0.3, -0.25) is 4.79 Å². The number of ether oxygens (including phenoxy) is 1. The lowest BCUT2D eigenvalue weighted by Crippen LogP contribution is -2.30. The molecule has 3 rings (SSSR count). The fourth-order valence-electron chi connectivity index (χ4n) is 2.93. The van der Waals surface area contributed by atoms with E-state index in [1.54, 1.807) is 24.3 Å². The van der Waals surface area contributed by atoms with Gasteiger partial charge in [0.05, 0.1) is 18.6 Å². The molecule has 2 aromatic carbocycles. The maximum atomic E-state index is 12.8. The first-order valence-corrected chi connectivity index (χ1v) is 12.1. The van der Waals surface area contributed by atoms with Gasteiger partial charge in [-0.15, -0.1) is 0 Å². The molecule has 1 aliphatic heterocycles. The largest absolute Gasteiger partial charge is 0.495 e. The molecule has 0 aromatic heterocycles. The Kier molecular flexibility index (Phi) is 6.18. The maximum Gasteiger partial charge on any atom is 0.244 e. The number of methoxy groups -OCH3 is 1. The minimum absolute atomic E-state index is 0.0358. The molecule has 1 N–H and O–H groups in total. The number of anilines is 1. The van der Waals surface area contributed by atoms with Gasteiger partial charge in [-0.05, 0) is 42.3 Å². The molecule has 0 unspecified atom stereocenters. The van der Waals surface area contributed by atoms with Crippen LogP contribution in [0, 0.1) is 0 Å². The van der Waals surface area contributed by atoms with Crippen molar-refractivity contribution in [3.8, 4) is 5.75 Å². The first kappa shape index (κ1) is 21.6. The van der Waals surface area contributed by atoms with Gasteiger partial charge in [0.15, 0.2) is 0 Å². The fraction of sp³-hybridized carbons (Fsp3) is 0.278. The highest BCUT2D eigenvalue weighted by molar-refractivity contribution is 7.94. The molecule has 1 amide bonds. The van der Waals surface area contributed by atoms with E-state index < -0.39 is 26.0 Å². The molecule has 8 nitrogen and oxygen atoms in total. The van der Waals surface area contributed by atoms with Gasteiger partial charge in [0.25, 0.3) is 0 Å². The van der Waals surface area contributed by atoms with Crippen LogP contribution in [0.3, 0.4) is 0 Å². The molecule has 156 valence electrons. The van der Waals surface area contributed by atoms with E-state index in [-0.39, 0.29) is 35.1 Å². The lowest BCUT2D eigenvalue weighted by Gasteiger charge is -2.18. The van der Waals surface area contributed by atoms with Crippen LogP contribution in [-0.4, -0.2) is 42.2 Å². The zero-order valence-corrected chi connectivity index (χ0v) is 17.8. The van der Waals surface area contributed by atoms with Crippen molar-refractivity contribution < 1.29 is 26.4 Å². The van der Waals surface area contributed by atoms with Gasteiger partial charge in [-0.1, -0.05) is 23.7 Å². The van der Waals surface area contributed by atoms with Gasteiger partial charge >= 0.3 is 0 Å². The van der Waals surface area contributed by atoms with Crippen LogP contribution >= 0.6 is 11.6 Å². The van der Waals surface area contributed by atoms with Crippen molar-refractivity contribution in [2.75, 3.05) is 23.7 Å². The summed E-state index contributed by atoms with van der Waals surface area (Å²) in [5, 5.41) is 0.585. The quantitative estimate of drug-likeness (QED) is 0.678. The minimum atomic E-state index is -4.02. The molecule has 0 bridgehead atoms. The molecule has 1 fully saturated rings. The summed E-state index contributed by atoms with van der Waals surface area (Å²) in [5.41, 5.74) is 0.859. The Balaban J connectivity index is 1.85. The van der Waals surface area contributed by atoms with E-state index in [4.69, 9.17) is 16.3 Å². The Hall–Kier alpha value is -2.14. The second-order valence-electron chi connectivity index (χ2n) is 6.33. The molecule has 0 spiro atoms. The number of hydrogen-bond acceptors (Lipinski definition) is 6. The molecule has 0 aliphatic carbocycles. The molecule has 0 atom stereocenters. The van der Waals surface area contributed by atoms with Crippen molar-refractivity contribution in [1.29, 1.82) is 0 Å². The van der Waals surface area contributed by atoms with E-state index in [9.17, 15) is 21.6 Å². The standard InChI is InChI=1S/C18H19ClN2O6S2/c1-27-16-7-6-15(21-18(22)9-11-28(21,23)24)12-17(16)29(25,26)20-10-8-13-2-4-14(19)5-3-13/h2-7,12,20H,8-11H2,1H3. The van der Waals surface area contributed by atoms with Crippen LogP contribution in [0.4, 0.5) is 5.69 Å². The third kappa shape index (κ3) is 4.72. The van der Waals surface area contributed by atoms with Crippen LogP contribution in [0.2, 0.25) is 5.02 Å². The molecule has 1 saturated heterocycles. The maximum absolute atomic E-state index is 12.8. The lowest BCUT2D eigenvalue weighted by atomic mass is 10.2. The van der Waals surface area contributed by atoms with E-state index in [0.717, 1.165) is 11.6 Å². The summed E-state index contributed by atoms with van der Waals surface area (Å²) in [4.78, 5) is 11.8. The Bertz CT molecular complexity index is 1130. The monoisotopic (exact) mass is 458 g/mol. The zero-order valence-electron chi connectivity index (χ0n) is 15.5. The number of nitrogens with one attached hydrogen (secondary N) is 1. The van der Waals surface area contributed by atoms with Gasteiger partial charge in [0.2, 0.25) is 26.0 Å². The first-order valence-electron chi connectivity index (χ1n) is 8.62. The number of hydrogen-bond donors (Lipinski definition) is 1. The van der Waals surface area contributed by atoms with E-state index in [1.165, 1.54) is 19.2 Å². The van der Waals surface area contributed by atoms with Crippen LogP contribution in [0.1, 0.15) is 12.0 Å². The summed E-state index contributed by atoms with van der Waals surface area (Å²) in [6.45, 7) is 0.109. The fourth-order valence-corrected chi connectivity index (χ4v) is 5.72. The number of carbonyl (C=O) groups excluding carboxylic acids is 1. The van der Waals surface area contributed by atoms with Gasteiger partial charge in [-0.25, -0.2) is 25.9 Å². The highest BCUT2D eigenvalue weighted by atomic mass is 35.5. The van der Waals surface area contributed by atoms with Crippen molar-refractivity contribution in [3.05, 3.63) is 53.1 Å². The molecule has 0 radical (unpaired) electrons. The summed E-state index contributed by atoms with van der Waals surface area (Å²) < 4.78 is 58.1. The van der Waals surface area contributed by atoms with Crippen molar-refractivity contribution in [2.45, 2.75) is 17.7 Å². The normalized spacial score (nSPS) is 16.2. The molecule has 0 saturated carbocycles. The third-order valence-corrected chi connectivity index (χ3v) is 7.79. The van der Waals surface area contributed by atoms with Crippen molar-refractivity contribution in [3.63, 3.8) is 0 Å². The topological polar surface area (TPSA) is 110 Å². The van der Waals surface area contributed by atoms with Crippen molar-refractivity contribution >= 4 is 43.2 Å². The first-order chi connectivity index (χ1) is 13.6. The minimum Gasteiger partial charge on any atom is -0.495 e. The summed E-state index contributed by atoms with van der Waals surface area (Å²) in [5.74, 6) is -0.870. The Morgan fingerprint density at radius 3 is 2.45 bits per heavy atom. The Labute approximate surface area is 174 Å². The van der Waals surface area contributed by atoms with E-state index >= 15 is 0 Å². The predicted molar refractivity (Wildman–Crippen MR) is 109 cm³/mol.